The number of nitrogens with zero attached hydrogens (tertiary/aromatic N) is 3. The van der Waals surface area contributed by atoms with E-state index in [9.17, 15) is 9.90 Å². The van der Waals surface area contributed by atoms with Gasteiger partial charge < -0.3 is 14.5 Å². The second-order valence-electron chi connectivity index (χ2n) is 8.28. The van der Waals surface area contributed by atoms with Gasteiger partial charge >= 0.3 is 5.97 Å². The van der Waals surface area contributed by atoms with E-state index < -0.39 is 5.97 Å². The number of carboxylic acids is 1. The molecule has 148 valence electrons. The lowest BCUT2D eigenvalue weighted by molar-refractivity contribution is -0.213. The molecule has 0 bridgehead atoms. The van der Waals surface area contributed by atoms with Crippen LogP contribution in [0.4, 0.5) is 0 Å². The van der Waals surface area contributed by atoms with E-state index >= 15 is 0 Å². The topological polar surface area (TPSA) is 57.9 Å². The Labute approximate surface area is 164 Å². The van der Waals surface area contributed by atoms with Gasteiger partial charge in [-0.15, -0.1) is 0 Å². The van der Waals surface area contributed by atoms with Crippen LogP contribution in [0.15, 0.2) is 30.3 Å². The van der Waals surface area contributed by atoms with Gasteiger partial charge in [0.1, 0.15) is 5.70 Å². The highest BCUT2D eigenvalue weighted by Crippen LogP contribution is 2.58. The molecule has 28 heavy (non-hydrogen) atoms. The smallest absolute Gasteiger partial charge is 0.352 e. The van der Waals surface area contributed by atoms with Crippen molar-refractivity contribution in [2.24, 2.45) is 5.41 Å². The van der Waals surface area contributed by atoms with Crippen LogP contribution >= 0.6 is 0 Å². The van der Waals surface area contributed by atoms with E-state index in [4.69, 9.17) is 4.84 Å². The van der Waals surface area contributed by atoms with Gasteiger partial charge in [0, 0.05) is 30.1 Å². The molecule has 0 spiro atoms. The molecule has 0 saturated carbocycles. The van der Waals surface area contributed by atoms with Crippen LogP contribution in [0.3, 0.4) is 0 Å². The van der Waals surface area contributed by atoms with Crippen LogP contribution in [0.2, 0.25) is 0 Å². The number of benzene rings is 1. The molecule has 5 rings (SSSR count). The Balaban J connectivity index is 1.81. The number of rotatable bonds is 4. The van der Waals surface area contributed by atoms with Crippen molar-refractivity contribution >= 4 is 22.6 Å². The van der Waals surface area contributed by atoms with Crippen molar-refractivity contribution in [1.82, 2.24) is 14.5 Å². The first kappa shape index (κ1) is 17.9. The van der Waals surface area contributed by atoms with E-state index in [-0.39, 0.29) is 17.6 Å². The molecule has 1 aromatic heterocycles. The molecule has 3 atom stereocenters. The number of carboxylic acid groups (broad SMARTS) is 1. The van der Waals surface area contributed by atoms with E-state index in [0.29, 0.717) is 5.70 Å². The first-order valence-electron chi connectivity index (χ1n) is 10.1. The highest BCUT2D eigenvalue weighted by molar-refractivity contribution is 6.12. The fourth-order valence-corrected chi connectivity index (χ4v) is 5.92. The van der Waals surface area contributed by atoms with Gasteiger partial charge in [-0.25, -0.2) is 4.79 Å². The minimum Gasteiger partial charge on any atom is -0.477 e. The van der Waals surface area contributed by atoms with Crippen LogP contribution in [-0.4, -0.2) is 52.5 Å². The maximum atomic E-state index is 12.3. The summed E-state index contributed by atoms with van der Waals surface area (Å²) in [4.78, 5) is 20.4. The lowest BCUT2D eigenvalue weighted by Crippen LogP contribution is -2.59. The van der Waals surface area contributed by atoms with E-state index in [1.807, 2.05) is 22.7 Å². The second kappa shape index (κ2) is 6.17. The predicted molar refractivity (Wildman–Crippen MR) is 108 cm³/mol. The van der Waals surface area contributed by atoms with Crippen molar-refractivity contribution in [3.63, 3.8) is 0 Å². The van der Waals surface area contributed by atoms with Crippen LogP contribution < -0.4 is 0 Å². The van der Waals surface area contributed by atoms with Crippen LogP contribution in [-0.2, 0) is 16.1 Å². The van der Waals surface area contributed by atoms with Crippen LogP contribution in [0.5, 0.6) is 0 Å². The minimum absolute atomic E-state index is 0.154. The van der Waals surface area contributed by atoms with Gasteiger partial charge in [0.2, 0.25) is 0 Å². The lowest BCUT2D eigenvalue weighted by Gasteiger charge is -2.57. The second-order valence-corrected chi connectivity index (χ2v) is 8.28. The highest BCUT2D eigenvalue weighted by atomic mass is 16.7. The normalized spacial score (nSPS) is 29.1. The zero-order valence-electron chi connectivity index (χ0n) is 16.7. The fourth-order valence-electron chi connectivity index (χ4n) is 5.92. The molecule has 1 aromatic carbocycles. The quantitative estimate of drug-likeness (QED) is 0.822. The number of aliphatic carboxylic acids is 1. The Hall–Kier alpha value is -2.15. The Kier molecular flexibility index (Phi) is 3.95. The molecule has 1 unspecified atom stereocenters. The van der Waals surface area contributed by atoms with Crippen LogP contribution in [0.25, 0.3) is 16.6 Å². The van der Waals surface area contributed by atoms with E-state index in [2.05, 4.69) is 36.1 Å². The minimum atomic E-state index is -0.844. The standard InChI is InChI=1S/C22H27N3O3/c1-4-22-11-9-18(23(2)28-3)24-12-10-15-14-7-5-6-8-16(14)25(19(15)20(22)24)17(13-22)21(26)27/h5-8,13,18,20H,4,9-12H2,1-3H3,(H,26,27)/t18?,20-,22+/m1/s1. The Morgan fingerprint density at radius 3 is 2.89 bits per heavy atom. The number of para-hydroxylation sites is 1. The summed E-state index contributed by atoms with van der Waals surface area (Å²) < 4.78 is 2.02. The largest absolute Gasteiger partial charge is 0.477 e. The predicted octanol–water partition coefficient (Wildman–Crippen LogP) is 3.49. The monoisotopic (exact) mass is 381 g/mol. The maximum absolute atomic E-state index is 12.3. The molecular formula is C22H27N3O3. The van der Waals surface area contributed by atoms with Gasteiger partial charge in [0.05, 0.1) is 24.8 Å². The summed E-state index contributed by atoms with van der Waals surface area (Å²) in [5.74, 6) is -0.844. The van der Waals surface area contributed by atoms with Gasteiger partial charge in [0.15, 0.2) is 0 Å². The van der Waals surface area contributed by atoms with Gasteiger partial charge in [-0.05, 0) is 43.4 Å². The van der Waals surface area contributed by atoms with Crippen LogP contribution in [0, 0.1) is 5.41 Å². The first-order valence-corrected chi connectivity index (χ1v) is 10.1. The van der Waals surface area contributed by atoms with Crippen molar-refractivity contribution in [1.29, 1.82) is 0 Å². The number of fused-ring (bicyclic) bond motifs is 3. The highest BCUT2D eigenvalue weighted by Gasteiger charge is 2.54. The molecule has 1 N–H and O–H groups in total. The Morgan fingerprint density at radius 1 is 1.39 bits per heavy atom. The summed E-state index contributed by atoms with van der Waals surface area (Å²) in [5.41, 5.74) is 3.77. The summed E-state index contributed by atoms with van der Waals surface area (Å²) >= 11 is 0. The zero-order chi connectivity index (χ0) is 19.6. The molecule has 3 aliphatic rings. The average molecular weight is 381 g/mol. The number of carbonyl (C=O) groups is 1. The Morgan fingerprint density at radius 2 is 2.18 bits per heavy atom. The molecule has 0 aliphatic carbocycles. The summed E-state index contributed by atoms with van der Waals surface area (Å²) in [5, 5.41) is 13.2. The van der Waals surface area contributed by atoms with Crippen molar-refractivity contribution in [3.8, 4) is 0 Å². The van der Waals surface area contributed by atoms with Crippen molar-refractivity contribution in [3.05, 3.63) is 41.6 Å². The molecule has 0 radical (unpaired) electrons. The number of hydrogen-bond acceptors (Lipinski definition) is 4. The Bertz CT molecular complexity index is 994. The van der Waals surface area contributed by atoms with Crippen molar-refractivity contribution in [2.75, 3.05) is 20.7 Å². The molecule has 6 heteroatoms. The molecule has 0 amide bonds. The third-order valence-corrected chi connectivity index (χ3v) is 7.28. The first-order chi connectivity index (χ1) is 13.5. The molecule has 1 fully saturated rings. The molecule has 3 aliphatic heterocycles. The fraction of sp³-hybridized carbons (Fsp3) is 0.500. The third-order valence-electron chi connectivity index (χ3n) is 7.28. The molecule has 1 saturated heterocycles. The average Bonchev–Trinajstić information content (AvgIpc) is 3.06. The summed E-state index contributed by atoms with van der Waals surface area (Å²) in [6.07, 6.45) is 6.04. The number of piperidine rings is 1. The molecule has 6 nitrogen and oxygen atoms in total. The summed E-state index contributed by atoms with van der Waals surface area (Å²) in [6.45, 7) is 3.16. The molecule has 4 heterocycles. The summed E-state index contributed by atoms with van der Waals surface area (Å²) in [7, 11) is 3.72. The SMILES string of the molecule is CC[C@@]12C=C(C(=O)O)n3c4c(c5ccccc53)CCN(C(N(C)OC)CC1)[C@H]42. The number of hydrogen-bond donors (Lipinski definition) is 1. The zero-order valence-corrected chi connectivity index (χ0v) is 16.7. The van der Waals surface area contributed by atoms with Gasteiger partial charge in [-0.2, -0.15) is 5.06 Å². The van der Waals surface area contributed by atoms with E-state index in [0.717, 1.165) is 37.7 Å². The van der Waals surface area contributed by atoms with Gasteiger partial charge in [-0.3, -0.25) is 4.90 Å². The van der Waals surface area contributed by atoms with Gasteiger partial charge in [-0.1, -0.05) is 25.1 Å². The summed E-state index contributed by atoms with van der Waals surface area (Å²) in [6, 6.07) is 8.42. The van der Waals surface area contributed by atoms with Gasteiger partial charge in [0.25, 0.3) is 0 Å². The van der Waals surface area contributed by atoms with Crippen molar-refractivity contribution < 1.29 is 14.7 Å². The molecular weight excluding hydrogens is 354 g/mol. The number of hydroxylamine groups is 2. The van der Waals surface area contributed by atoms with E-state index in [1.54, 1.807) is 7.11 Å². The lowest BCUT2D eigenvalue weighted by atomic mass is 9.65. The third kappa shape index (κ3) is 2.16. The maximum Gasteiger partial charge on any atom is 0.352 e. The van der Waals surface area contributed by atoms with Crippen LogP contribution in [0.1, 0.15) is 43.5 Å². The number of aromatic nitrogens is 1. The van der Waals surface area contributed by atoms with Crippen molar-refractivity contribution in [2.45, 2.75) is 44.8 Å². The molecule has 2 aromatic rings. The van der Waals surface area contributed by atoms with E-state index in [1.165, 1.54) is 16.6 Å².